The fourth-order valence-corrected chi connectivity index (χ4v) is 3.64. The number of nitrogens with zero attached hydrogens (tertiary/aromatic N) is 5. The molecule has 26 heavy (non-hydrogen) atoms. The van der Waals surface area contributed by atoms with Gasteiger partial charge in [0.1, 0.15) is 0 Å². The molecule has 0 aliphatic carbocycles. The van der Waals surface area contributed by atoms with Crippen LogP contribution in [0, 0.1) is 0 Å². The van der Waals surface area contributed by atoms with Crippen molar-refractivity contribution in [1.82, 2.24) is 19.4 Å². The molecular weight excluding hydrogens is 324 g/mol. The van der Waals surface area contributed by atoms with E-state index in [-0.39, 0.29) is 0 Å². The highest BCUT2D eigenvalue weighted by molar-refractivity contribution is 5.78. The van der Waals surface area contributed by atoms with Crippen LogP contribution in [0.25, 0.3) is 11.2 Å². The number of rotatable bonds is 5. The number of benzene rings is 1. The first-order valence-electron chi connectivity index (χ1n) is 9.15. The van der Waals surface area contributed by atoms with E-state index < -0.39 is 0 Å². The maximum atomic E-state index is 4.89. The molecule has 0 spiro atoms. The van der Waals surface area contributed by atoms with E-state index in [2.05, 4.69) is 75.2 Å². The molecule has 0 saturated carbocycles. The molecule has 0 radical (unpaired) electrons. The van der Waals surface area contributed by atoms with Crippen LogP contribution < -0.4 is 10.2 Å². The highest BCUT2D eigenvalue weighted by Gasteiger charge is 2.28. The summed E-state index contributed by atoms with van der Waals surface area (Å²) in [5, 5.41) is 3.19. The van der Waals surface area contributed by atoms with Crippen molar-refractivity contribution in [3.63, 3.8) is 0 Å². The topological polar surface area (TPSA) is 49.2 Å². The molecule has 2 aromatic heterocycles. The minimum absolute atomic E-state index is 0.570. The Morgan fingerprint density at radius 3 is 2.73 bits per heavy atom. The van der Waals surface area contributed by atoms with Crippen LogP contribution in [0.15, 0.2) is 42.6 Å². The Morgan fingerprint density at radius 1 is 1.23 bits per heavy atom. The Morgan fingerprint density at radius 2 is 2.04 bits per heavy atom. The summed E-state index contributed by atoms with van der Waals surface area (Å²) in [7, 11) is 6.23. The minimum atomic E-state index is 0.570. The van der Waals surface area contributed by atoms with Gasteiger partial charge in [0.15, 0.2) is 5.65 Å². The van der Waals surface area contributed by atoms with E-state index in [1.807, 2.05) is 13.2 Å². The maximum Gasteiger partial charge on any atom is 0.208 e. The average molecular weight is 350 g/mol. The smallest absolute Gasteiger partial charge is 0.208 e. The Kier molecular flexibility index (Phi) is 4.51. The molecule has 0 bridgehead atoms. The lowest BCUT2D eigenvalue weighted by molar-refractivity contribution is 0.315. The van der Waals surface area contributed by atoms with Crippen molar-refractivity contribution in [2.24, 2.45) is 0 Å². The summed E-state index contributed by atoms with van der Waals surface area (Å²) in [6.07, 6.45) is 3.01. The van der Waals surface area contributed by atoms with E-state index in [0.29, 0.717) is 6.04 Å². The lowest BCUT2D eigenvalue weighted by atomic mass is 10.2. The normalized spacial score (nSPS) is 17.4. The second-order valence-electron chi connectivity index (χ2n) is 7.15. The third-order valence-corrected chi connectivity index (χ3v) is 5.23. The number of pyridine rings is 1. The first-order valence-corrected chi connectivity index (χ1v) is 9.15. The van der Waals surface area contributed by atoms with Crippen molar-refractivity contribution in [1.29, 1.82) is 0 Å². The van der Waals surface area contributed by atoms with E-state index in [9.17, 15) is 0 Å². The Hall–Kier alpha value is -2.60. The van der Waals surface area contributed by atoms with Crippen LogP contribution in [0.4, 0.5) is 11.6 Å². The number of aromatic nitrogens is 3. The number of hydrogen-bond donors (Lipinski definition) is 1. The Balaban J connectivity index is 1.77. The standard InChI is InChI=1S/C20H26N6/c1-21-16-11-18-19(22-12-16)23-20(25-10-9-17(14-25)24(2)3)26(18)13-15-7-5-4-6-8-15/h4-8,11-12,17,21H,9-10,13-14H2,1-3H3/t17-/m0/s1. The molecule has 3 aromatic rings. The van der Waals surface area contributed by atoms with Gasteiger partial charge in [-0.1, -0.05) is 30.3 Å². The largest absolute Gasteiger partial charge is 0.387 e. The SMILES string of the molecule is CNc1cnc2nc(N3CC[C@H](N(C)C)C3)n(Cc3ccccc3)c2c1. The first-order chi connectivity index (χ1) is 12.7. The van der Waals surface area contributed by atoms with Gasteiger partial charge < -0.3 is 19.7 Å². The monoisotopic (exact) mass is 350 g/mol. The lowest BCUT2D eigenvalue weighted by Crippen LogP contribution is -2.32. The zero-order valence-electron chi connectivity index (χ0n) is 15.7. The van der Waals surface area contributed by atoms with Gasteiger partial charge in [-0.3, -0.25) is 0 Å². The van der Waals surface area contributed by atoms with Crippen LogP contribution in [-0.2, 0) is 6.54 Å². The van der Waals surface area contributed by atoms with Crippen molar-refractivity contribution in [2.75, 3.05) is 44.4 Å². The highest BCUT2D eigenvalue weighted by atomic mass is 15.4. The zero-order chi connectivity index (χ0) is 18.1. The van der Waals surface area contributed by atoms with Crippen molar-refractivity contribution in [3.8, 4) is 0 Å². The molecule has 1 atom stereocenters. The molecule has 136 valence electrons. The van der Waals surface area contributed by atoms with E-state index >= 15 is 0 Å². The van der Waals surface area contributed by atoms with E-state index in [1.165, 1.54) is 5.56 Å². The third kappa shape index (κ3) is 3.12. The van der Waals surface area contributed by atoms with Gasteiger partial charge in [0.25, 0.3) is 0 Å². The van der Waals surface area contributed by atoms with Gasteiger partial charge >= 0.3 is 0 Å². The average Bonchev–Trinajstić information content (AvgIpc) is 3.27. The molecule has 4 rings (SSSR count). The molecule has 1 aliphatic rings. The van der Waals surface area contributed by atoms with Gasteiger partial charge in [-0.05, 0) is 32.1 Å². The molecule has 1 aliphatic heterocycles. The minimum Gasteiger partial charge on any atom is -0.387 e. The van der Waals surface area contributed by atoms with Crippen LogP contribution >= 0.6 is 0 Å². The van der Waals surface area contributed by atoms with Gasteiger partial charge in [0.05, 0.1) is 23.9 Å². The third-order valence-electron chi connectivity index (χ3n) is 5.23. The van der Waals surface area contributed by atoms with Crippen LogP contribution in [0.5, 0.6) is 0 Å². The van der Waals surface area contributed by atoms with Gasteiger partial charge in [0.2, 0.25) is 5.95 Å². The van der Waals surface area contributed by atoms with Crippen LogP contribution in [-0.4, -0.2) is 59.7 Å². The first kappa shape index (κ1) is 16.8. The summed E-state index contributed by atoms with van der Waals surface area (Å²) in [6, 6.07) is 13.3. The Bertz CT molecular complexity index is 886. The van der Waals surface area contributed by atoms with Crippen molar-refractivity contribution in [2.45, 2.75) is 19.0 Å². The van der Waals surface area contributed by atoms with Crippen molar-refractivity contribution in [3.05, 3.63) is 48.2 Å². The fraction of sp³-hybridized carbons (Fsp3) is 0.400. The number of fused-ring (bicyclic) bond motifs is 1. The summed E-state index contributed by atoms with van der Waals surface area (Å²) in [5.41, 5.74) is 4.16. The van der Waals surface area contributed by atoms with Gasteiger partial charge in [-0.25, -0.2) is 4.98 Å². The maximum absolute atomic E-state index is 4.89. The summed E-state index contributed by atoms with van der Waals surface area (Å²) < 4.78 is 2.30. The summed E-state index contributed by atoms with van der Waals surface area (Å²) in [6.45, 7) is 2.83. The molecule has 3 heterocycles. The molecule has 1 fully saturated rings. The van der Waals surface area contributed by atoms with Crippen molar-refractivity contribution < 1.29 is 0 Å². The predicted molar refractivity (Wildman–Crippen MR) is 107 cm³/mol. The molecule has 1 N–H and O–H groups in total. The van der Waals surface area contributed by atoms with Crippen LogP contribution in [0.3, 0.4) is 0 Å². The van der Waals surface area contributed by atoms with E-state index in [0.717, 1.165) is 48.9 Å². The number of nitrogens with one attached hydrogen (secondary N) is 1. The summed E-state index contributed by atoms with van der Waals surface area (Å²) in [5.74, 6) is 1.02. The number of hydrogen-bond acceptors (Lipinski definition) is 5. The quantitative estimate of drug-likeness (QED) is 0.767. The summed E-state index contributed by atoms with van der Waals surface area (Å²) in [4.78, 5) is 14.2. The molecule has 0 amide bonds. The Labute approximate surface area is 154 Å². The van der Waals surface area contributed by atoms with Crippen LogP contribution in [0.1, 0.15) is 12.0 Å². The van der Waals surface area contributed by atoms with Gasteiger partial charge in [-0.15, -0.1) is 0 Å². The van der Waals surface area contributed by atoms with Crippen molar-refractivity contribution >= 4 is 22.8 Å². The highest BCUT2D eigenvalue weighted by Crippen LogP contribution is 2.28. The predicted octanol–water partition coefficient (Wildman–Crippen LogP) is 2.66. The number of anilines is 2. The molecule has 6 heteroatoms. The molecule has 0 unspecified atom stereocenters. The second kappa shape index (κ2) is 6.96. The van der Waals surface area contributed by atoms with Gasteiger partial charge in [-0.2, -0.15) is 4.98 Å². The summed E-state index contributed by atoms with van der Waals surface area (Å²) >= 11 is 0. The molecule has 6 nitrogen and oxygen atoms in total. The fourth-order valence-electron chi connectivity index (χ4n) is 3.64. The van der Waals surface area contributed by atoms with Gasteiger partial charge in [0, 0.05) is 26.2 Å². The second-order valence-corrected chi connectivity index (χ2v) is 7.15. The van der Waals surface area contributed by atoms with E-state index in [4.69, 9.17) is 4.98 Å². The lowest BCUT2D eigenvalue weighted by Gasteiger charge is -2.22. The molecular formula is C20H26N6. The number of imidazole rings is 1. The number of likely N-dealkylation sites (N-methyl/N-ethyl adjacent to an activating group) is 1. The molecule has 1 aromatic carbocycles. The zero-order valence-corrected chi connectivity index (χ0v) is 15.7. The molecule has 1 saturated heterocycles. The van der Waals surface area contributed by atoms with Crippen LogP contribution in [0.2, 0.25) is 0 Å². The van der Waals surface area contributed by atoms with E-state index in [1.54, 1.807) is 0 Å².